The first-order valence-electron chi connectivity index (χ1n) is 8.06. The highest BCUT2D eigenvalue weighted by Gasteiger charge is 2.34. The van der Waals surface area contributed by atoms with Gasteiger partial charge in [-0.3, -0.25) is 0 Å². The summed E-state index contributed by atoms with van der Waals surface area (Å²) in [5, 5.41) is 5.95. The fraction of sp³-hybridized carbons (Fsp3) is 0.316. The van der Waals surface area contributed by atoms with Crippen LogP contribution < -0.4 is 15.4 Å². The van der Waals surface area contributed by atoms with Crippen LogP contribution in [0.15, 0.2) is 36.4 Å². The highest BCUT2D eigenvalue weighted by molar-refractivity contribution is 7.80. The quantitative estimate of drug-likeness (QED) is 0.748. The molecule has 0 aliphatic carbocycles. The Bertz CT molecular complexity index is 803. The summed E-state index contributed by atoms with van der Waals surface area (Å²) in [7, 11) is 0. The van der Waals surface area contributed by atoms with Gasteiger partial charge in [-0.25, -0.2) is 8.78 Å². The molecule has 132 valence electrons. The zero-order chi connectivity index (χ0) is 18.2. The molecule has 3 rings (SSSR count). The molecule has 0 spiro atoms. The minimum atomic E-state index is -0.688. The van der Waals surface area contributed by atoms with Crippen molar-refractivity contribution in [2.45, 2.75) is 38.8 Å². The van der Waals surface area contributed by atoms with E-state index in [1.165, 1.54) is 18.2 Å². The molecular weight excluding hydrogens is 342 g/mol. The number of thiocarbonyl (C=S) groups is 1. The van der Waals surface area contributed by atoms with E-state index < -0.39 is 11.6 Å². The van der Waals surface area contributed by atoms with Crippen LogP contribution in [0.5, 0.6) is 5.75 Å². The van der Waals surface area contributed by atoms with Gasteiger partial charge in [0.05, 0.1) is 6.04 Å². The molecule has 1 heterocycles. The Labute approximate surface area is 151 Å². The predicted molar refractivity (Wildman–Crippen MR) is 99.0 cm³/mol. The van der Waals surface area contributed by atoms with Crippen LogP contribution in [0.4, 0.5) is 14.5 Å². The second-order valence-corrected chi connectivity index (χ2v) is 7.26. The first kappa shape index (κ1) is 17.6. The van der Waals surface area contributed by atoms with Crippen LogP contribution in [0.2, 0.25) is 0 Å². The minimum Gasteiger partial charge on any atom is -0.487 e. The molecule has 0 bridgehead atoms. The largest absolute Gasteiger partial charge is 0.487 e. The van der Waals surface area contributed by atoms with Crippen LogP contribution in [-0.4, -0.2) is 10.7 Å². The maximum Gasteiger partial charge on any atom is 0.171 e. The summed E-state index contributed by atoms with van der Waals surface area (Å²) in [6.07, 6.45) is 0.671. The maximum atomic E-state index is 13.8. The highest BCUT2D eigenvalue weighted by Crippen LogP contribution is 2.39. The maximum absolute atomic E-state index is 13.8. The SMILES string of the molecule is Cc1ccc2c(c1)OC(C)(C)C[C@H]2NC(=S)Nc1c(F)cccc1F. The molecule has 0 amide bonds. The molecule has 2 aromatic carbocycles. The van der Waals surface area contributed by atoms with E-state index in [1.54, 1.807) is 0 Å². The van der Waals surface area contributed by atoms with Gasteiger partial charge in [0.1, 0.15) is 28.7 Å². The van der Waals surface area contributed by atoms with Crippen molar-refractivity contribution in [3.05, 3.63) is 59.2 Å². The van der Waals surface area contributed by atoms with Crippen molar-refractivity contribution < 1.29 is 13.5 Å². The number of aryl methyl sites for hydroxylation is 1. The van der Waals surface area contributed by atoms with Crippen molar-refractivity contribution >= 4 is 23.0 Å². The number of ether oxygens (including phenoxy) is 1. The first-order chi connectivity index (χ1) is 11.7. The van der Waals surface area contributed by atoms with Gasteiger partial charge in [-0.15, -0.1) is 0 Å². The lowest BCUT2D eigenvalue weighted by molar-refractivity contribution is 0.0696. The number of rotatable bonds is 2. The Morgan fingerprint density at radius 2 is 1.88 bits per heavy atom. The van der Waals surface area contributed by atoms with E-state index >= 15 is 0 Å². The second kappa shape index (κ2) is 6.59. The number of para-hydroxylation sites is 1. The standard InChI is InChI=1S/C19H20F2N2OS/c1-11-7-8-12-15(10-19(2,3)24-16(12)9-11)22-18(25)23-17-13(20)5-4-6-14(17)21/h4-9,15H,10H2,1-3H3,(H2,22,23,25)/t15-/m1/s1. The molecule has 2 N–H and O–H groups in total. The van der Waals surface area contributed by atoms with Gasteiger partial charge < -0.3 is 15.4 Å². The average molecular weight is 362 g/mol. The average Bonchev–Trinajstić information content (AvgIpc) is 2.49. The minimum absolute atomic E-state index is 0.116. The molecule has 0 radical (unpaired) electrons. The topological polar surface area (TPSA) is 33.3 Å². The molecule has 0 saturated carbocycles. The Morgan fingerprint density at radius 3 is 2.56 bits per heavy atom. The summed E-state index contributed by atoms with van der Waals surface area (Å²) in [4.78, 5) is 0. The first-order valence-corrected chi connectivity index (χ1v) is 8.47. The molecule has 0 aromatic heterocycles. The van der Waals surface area contributed by atoms with Gasteiger partial charge in [0.2, 0.25) is 0 Å². The number of anilines is 1. The van der Waals surface area contributed by atoms with Crippen LogP contribution in [0.3, 0.4) is 0 Å². The summed E-state index contributed by atoms with van der Waals surface area (Å²) in [6.45, 7) is 6.00. The third-order valence-electron chi connectivity index (χ3n) is 4.13. The Morgan fingerprint density at radius 1 is 1.20 bits per heavy atom. The monoisotopic (exact) mass is 362 g/mol. The Balaban J connectivity index is 1.82. The lowest BCUT2D eigenvalue weighted by atomic mass is 9.89. The fourth-order valence-corrected chi connectivity index (χ4v) is 3.26. The highest BCUT2D eigenvalue weighted by atomic mass is 32.1. The third kappa shape index (κ3) is 3.90. The molecular formula is C19H20F2N2OS. The summed E-state index contributed by atoms with van der Waals surface area (Å²) >= 11 is 5.27. The van der Waals surface area contributed by atoms with E-state index in [-0.39, 0.29) is 22.4 Å². The van der Waals surface area contributed by atoms with Crippen LogP contribution >= 0.6 is 12.2 Å². The zero-order valence-corrected chi connectivity index (χ0v) is 15.1. The molecule has 0 fully saturated rings. The number of benzene rings is 2. The van der Waals surface area contributed by atoms with Crippen molar-refractivity contribution in [3.63, 3.8) is 0 Å². The van der Waals surface area contributed by atoms with Gasteiger partial charge in [0.25, 0.3) is 0 Å². The van der Waals surface area contributed by atoms with Gasteiger partial charge in [0.15, 0.2) is 5.11 Å². The molecule has 1 atom stereocenters. The number of hydrogen-bond acceptors (Lipinski definition) is 2. The van der Waals surface area contributed by atoms with Gasteiger partial charge in [-0.1, -0.05) is 18.2 Å². The summed E-state index contributed by atoms with van der Waals surface area (Å²) in [5.74, 6) is -0.575. The summed E-state index contributed by atoms with van der Waals surface area (Å²) in [6, 6.07) is 9.54. The lowest BCUT2D eigenvalue weighted by Gasteiger charge is -2.38. The Hall–Kier alpha value is -2.21. The molecule has 2 aromatic rings. The molecule has 25 heavy (non-hydrogen) atoms. The molecule has 0 unspecified atom stereocenters. The van der Waals surface area contributed by atoms with Crippen molar-refractivity contribution in [3.8, 4) is 5.75 Å². The number of fused-ring (bicyclic) bond motifs is 1. The predicted octanol–water partition coefficient (Wildman–Crippen LogP) is 4.86. The molecule has 6 heteroatoms. The van der Waals surface area contributed by atoms with Gasteiger partial charge in [-0.2, -0.15) is 0 Å². The smallest absolute Gasteiger partial charge is 0.171 e. The fourth-order valence-electron chi connectivity index (χ4n) is 3.01. The van der Waals surface area contributed by atoms with Crippen molar-refractivity contribution in [2.75, 3.05) is 5.32 Å². The summed E-state index contributed by atoms with van der Waals surface area (Å²) in [5.41, 5.74) is 1.44. The second-order valence-electron chi connectivity index (χ2n) is 6.85. The van der Waals surface area contributed by atoms with Gasteiger partial charge in [-0.05, 0) is 56.8 Å². The van der Waals surface area contributed by atoms with Crippen molar-refractivity contribution in [1.82, 2.24) is 5.32 Å². The van der Waals surface area contributed by atoms with E-state index in [1.807, 2.05) is 39.0 Å². The normalized spacial score (nSPS) is 18.0. The number of hydrogen-bond donors (Lipinski definition) is 2. The number of halogens is 2. The van der Waals surface area contributed by atoms with Crippen LogP contribution in [-0.2, 0) is 0 Å². The third-order valence-corrected chi connectivity index (χ3v) is 4.35. The lowest BCUT2D eigenvalue weighted by Crippen LogP contribution is -2.42. The van der Waals surface area contributed by atoms with Gasteiger partial charge in [0, 0.05) is 12.0 Å². The zero-order valence-electron chi connectivity index (χ0n) is 14.3. The molecule has 1 aliphatic rings. The van der Waals surface area contributed by atoms with Crippen LogP contribution in [0.1, 0.15) is 37.4 Å². The van der Waals surface area contributed by atoms with Crippen LogP contribution in [0, 0.1) is 18.6 Å². The van der Waals surface area contributed by atoms with E-state index in [9.17, 15) is 8.78 Å². The van der Waals surface area contributed by atoms with E-state index in [2.05, 4.69) is 10.6 Å². The van der Waals surface area contributed by atoms with Crippen molar-refractivity contribution in [1.29, 1.82) is 0 Å². The van der Waals surface area contributed by atoms with E-state index in [4.69, 9.17) is 17.0 Å². The summed E-state index contributed by atoms with van der Waals surface area (Å²) < 4.78 is 33.6. The molecule has 3 nitrogen and oxygen atoms in total. The van der Waals surface area contributed by atoms with Gasteiger partial charge >= 0.3 is 0 Å². The number of nitrogens with one attached hydrogen (secondary N) is 2. The van der Waals surface area contributed by atoms with Crippen molar-refractivity contribution in [2.24, 2.45) is 0 Å². The van der Waals surface area contributed by atoms with Crippen LogP contribution in [0.25, 0.3) is 0 Å². The van der Waals surface area contributed by atoms with E-state index in [0.29, 0.717) is 6.42 Å². The molecule has 1 aliphatic heterocycles. The molecule has 0 saturated heterocycles. The Kier molecular flexibility index (Phi) is 4.64. The van der Waals surface area contributed by atoms with E-state index in [0.717, 1.165) is 16.9 Å².